The van der Waals surface area contributed by atoms with Crippen LogP contribution < -0.4 is 4.74 Å². The lowest BCUT2D eigenvalue weighted by Crippen LogP contribution is -2.25. The van der Waals surface area contributed by atoms with Crippen molar-refractivity contribution in [3.05, 3.63) is 119 Å². The first-order chi connectivity index (χ1) is 16.8. The number of alkyl halides is 2. The summed E-state index contributed by atoms with van der Waals surface area (Å²) in [6, 6.07) is 7.16. The predicted octanol–water partition coefficient (Wildman–Crippen LogP) is 9.09. The van der Waals surface area contributed by atoms with Crippen molar-refractivity contribution in [1.29, 1.82) is 0 Å². The van der Waals surface area contributed by atoms with Crippen LogP contribution in [0.25, 0.3) is 16.7 Å². The molecule has 0 saturated carbocycles. The van der Waals surface area contributed by atoms with Crippen LogP contribution in [0, 0.1) is 30.2 Å². The molecule has 36 heavy (non-hydrogen) atoms. The lowest BCUT2D eigenvalue weighted by Gasteiger charge is -2.20. The summed E-state index contributed by atoms with van der Waals surface area (Å²) in [7, 11) is 0. The number of rotatable bonds is 7. The number of hydrogen-bond donors (Lipinski definition) is 0. The fourth-order valence-corrected chi connectivity index (χ4v) is 3.34. The highest BCUT2D eigenvalue weighted by atomic mass is 19.3. The maximum absolute atomic E-state index is 14.7. The van der Waals surface area contributed by atoms with Crippen LogP contribution in [0.2, 0.25) is 0 Å². The summed E-state index contributed by atoms with van der Waals surface area (Å²) >= 11 is 0. The number of aryl methyl sites for hydroxylation is 1. The van der Waals surface area contributed by atoms with Crippen LogP contribution in [-0.2, 0) is 6.11 Å². The highest BCUT2D eigenvalue weighted by Gasteiger charge is 2.41. The minimum Gasteiger partial charge on any atom is -0.429 e. The van der Waals surface area contributed by atoms with Crippen LogP contribution in [0.5, 0.6) is 5.75 Å². The minimum absolute atomic E-state index is 0.198. The van der Waals surface area contributed by atoms with Gasteiger partial charge in [-0.05, 0) is 67.0 Å². The molecule has 3 aromatic carbocycles. The van der Waals surface area contributed by atoms with Crippen LogP contribution >= 0.6 is 0 Å². The van der Waals surface area contributed by atoms with Crippen LogP contribution in [0.4, 0.5) is 35.1 Å². The van der Waals surface area contributed by atoms with Gasteiger partial charge in [-0.25, -0.2) is 26.3 Å². The molecule has 0 N–H and O–H groups in total. The van der Waals surface area contributed by atoms with Crippen molar-refractivity contribution in [2.24, 2.45) is 0 Å². The first kappa shape index (κ1) is 26.7. The van der Waals surface area contributed by atoms with Crippen molar-refractivity contribution in [3.8, 4) is 16.9 Å². The number of halogens is 8. The van der Waals surface area contributed by atoms with Gasteiger partial charge in [0, 0.05) is 17.2 Å². The summed E-state index contributed by atoms with van der Waals surface area (Å²) < 4.78 is 118. The third-order valence-electron chi connectivity index (χ3n) is 5.10. The molecule has 9 heteroatoms. The fourth-order valence-electron chi connectivity index (χ4n) is 3.34. The molecular weight excluding hydrogens is 492 g/mol. The largest absolute Gasteiger partial charge is 0.432 e. The Bertz CT molecular complexity index is 1360. The topological polar surface area (TPSA) is 9.23 Å². The minimum atomic E-state index is -4.59. The van der Waals surface area contributed by atoms with E-state index in [1.54, 1.807) is 6.92 Å². The van der Waals surface area contributed by atoms with Crippen molar-refractivity contribution in [2.45, 2.75) is 20.0 Å². The van der Waals surface area contributed by atoms with Gasteiger partial charge in [-0.3, -0.25) is 0 Å². The van der Waals surface area contributed by atoms with Crippen LogP contribution in [0.15, 0.2) is 78.9 Å². The molecule has 0 amide bonds. The number of hydrogen-bond acceptors (Lipinski definition) is 1. The lowest BCUT2D eigenvalue weighted by molar-refractivity contribution is -0.189. The Labute approximate surface area is 201 Å². The third kappa shape index (κ3) is 5.67. The zero-order chi connectivity index (χ0) is 26.8. The Morgan fingerprint density at radius 3 is 2.03 bits per heavy atom. The molecular formula is C27H18F8O. The van der Waals surface area contributed by atoms with Gasteiger partial charge in [-0.1, -0.05) is 24.8 Å². The Kier molecular flexibility index (Phi) is 7.71. The summed E-state index contributed by atoms with van der Waals surface area (Å²) in [5, 5.41) is 0. The molecule has 1 nitrogen and oxygen atoms in total. The third-order valence-corrected chi connectivity index (χ3v) is 5.10. The van der Waals surface area contributed by atoms with Crippen LogP contribution in [0.3, 0.4) is 0 Å². The van der Waals surface area contributed by atoms with E-state index in [0.717, 1.165) is 31.2 Å². The standard InChI is InChI=1S/C27H18F8O/c1-4-16(10-21(29)15(3)28)19-8-6-18(13-23(19)31)36-27(34,35)26-24(32)11-17(12-25(26)33)20-7-5-14(2)9-22(20)30/h4-13H,1H2,2-3H3/b16-10+,21-15-. The van der Waals surface area contributed by atoms with Gasteiger partial charge >= 0.3 is 6.11 Å². The molecule has 0 aliphatic rings. The molecule has 0 bridgehead atoms. The highest BCUT2D eigenvalue weighted by molar-refractivity contribution is 5.76. The maximum Gasteiger partial charge on any atom is 0.432 e. The fraction of sp³-hybridized carbons (Fsp3) is 0.111. The summed E-state index contributed by atoms with van der Waals surface area (Å²) in [6.07, 6.45) is -2.93. The van der Waals surface area contributed by atoms with Gasteiger partial charge in [-0.15, -0.1) is 0 Å². The first-order valence-corrected chi connectivity index (χ1v) is 10.3. The molecule has 0 heterocycles. The molecule has 0 fully saturated rings. The molecule has 0 unspecified atom stereocenters. The second kappa shape index (κ2) is 10.4. The first-order valence-electron chi connectivity index (χ1n) is 10.3. The van der Waals surface area contributed by atoms with Crippen molar-refractivity contribution in [2.75, 3.05) is 0 Å². The molecule has 0 saturated heterocycles. The summed E-state index contributed by atoms with van der Waals surface area (Å²) in [5.74, 6) is -8.68. The lowest BCUT2D eigenvalue weighted by atomic mass is 10.0. The van der Waals surface area contributed by atoms with Gasteiger partial charge in [0.15, 0.2) is 5.83 Å². The normalized spacial score (nSPS) is 12.9. The highest BCUT2D eigenvalue weighted by Crippen LogP contribution is 2.38. The predicted molar refractivity (Wildman–Crippen MR) is 121 cm³/mol. The Balaban J connectivity index is 1.95. The van der Waals surface area contributed by atoms with E-state index in [1.807, 2.05) is 0 Å². The molecule has 3 rings (SSSR count). The van der Waals surface area contributed by atoms with Gasteiger partial charge in [0.25, 0.3) is 0 Å². The molecule has 0 aromatic heterocycles. The van der Waals surface area contributed by atoms with E-state index in [1.165, 1.54) is 12.1 Å². The SMILES string of the molecule is C=C/C(=C\C(F)=C(/C)F)c1ccc(OC(F)(F)c2c(F)cc(-c3ccc(C)cc3F)cc2F)cc1F. The molecule has 0 aliphatic carbocycles. The van der Waals surface area contributed by atoms with Gasteiger partial charge in [-0.2, -0.15) is 8.78 Å². The number of benzene rings is 3. The molecule has 0 radical (unpaired) electrons. The zero-order valence-corrected chi connectivity index (χ0v) is 18.9. The summed E-state index contributed by atoms with van der Waals surface area (Å²) in [5.41, 5.74) is -2.25. The van der Waals surface area contributed by atoms with Gasteiger partial charge < -0.3 is 4.74 Å². The Morgan fingerprint density at radius 1 is 0.861 bits per heavy atom. The zero-order valence-electron chi connectivity index (χ0n) is 18.9. The maximum atomic E-state index is 14.7. The average molecular weight is 510 g/mol. The molecule has 188 valence electrons. The van der Waals surface area contributed by atoms with Crippen molar-refractivity contribution in [3.63, 3.8) is 0 Å². The van der Waals surface area contributed by atoms with Crippen molar-refractivity contribution >= 4 is 5.57 Å². The average Bonchev–Trinajstić information content (AvgIpc) is 2.76. The molecule has 3 aromatic rings. The quantitative estimate of drug-likeness (QED) is 0.228. The molecule has 0 atom stereocenters. The number of allylic oxidation sites excluding steroid dienone is 5. The van der Waals surface area contributed by atoms with Gasteiger partial charge in [0.1, 0.15) is 40.4 Å². The van der Waals surface area contributed by atoms with Crippen LogP contribution in [0.1, 0.15) is 23.6 Å². The van der Waals surface area contributed by atoms with E-state index in [9.17, 15) is 35.1 Å². The molecule has 0 aliphatic heterocycles. The monoisotopic (exact) mass is 510 g/mol. The number of ether oxygens (including phenoxy) is 1. The second-order valence-electron chi connectivity index (χ2n) is 7.74. The second-order valence-corrected chi connectivity index (χ2v) is 7.74. The van der Waals surface area contributed by atoms with Crippen LogP contribution in [-0.4, -0.2) is 0 Å². The Hall–Kier alpha value is -3.88. The van der Waals surface area contributed by atoms with E-state index in [4.69, 9.17) is 0 Å². The van der Waals surface area contributed by atoms with Gasteiger partial charge in [0.05, 0.1) is 0 Å². The smallest absolute Gasteiger partial charge is 0.429 e. The Morgan fingerprint density at radius 2 is 1.50 bits per heavy atom. The van der Waals surface area contributed by atoms with Crippen molar-refractivity contribution < 1.29 is 39.9 Å². The van der Waals surface area contributed by atoms with Crippen molar-refractivity contribution in [1.82, 2.24) is 0 Å². The van der Waals surface area contributed by atoms with E-state index in [-0.39, 0.29) is 22.3 Å². The van der Waals surface area contributed by atoms with E-state index < -0.39 is 52.3 Å². The summed E-state index contributed by atoms with van der Waals surface area (Å²) in [6.45, 7) is 5.80. The van der Waals surface area contributed by atoms with E-state index in [2.05, 4.69) is 11.3 Å². The van der Waals surface area contributed by atoms with Gasteiger partial charge in [0.2, 0.25) is 0 Å². The summed E-state index contributed by atoms with van der Waals surface area (Å²) in [4.78, 5) is 0. The van der Waals surface area contributed by atoms with E-state index >= 15 is 0 Å². The van der Waals surface area contributed by atoms with E-state index in [0.29, 0.717) is 29.8 Å². The molecule has 0 spiro atoms.